The van der Waals surface area contributed by atoms with Crippen molar-refractivity contribution in [1.29, 1.82) is 5.26 Å². The fourth-order valence-corrected chi connectivity index (χ4v) is 5.47. The van der Waals surface area contributed by atoms with E-state index in [1.165, 1.54) is 0 Å². The molecule has 1 unspecified atom stereocenters. The number of carbonyl (C=O) groups is 1. The van der Waals surface area contributed by atoms with E-state index < -0.39 is 0 Å². The SMILES string of the molecule is CC1CCc2c(ccc(-c3cnn(C4CCNCC4)c3)c2Oc2ccc(C#N)cc2)N1C(=O)C1CC1. The van der Waals surface area contributed by atoms with Gasteiger partial charge in [-0.1, -0.05) is 0 Å². The van der Waals surface area contributed by atoms with Crippen LogP contribution in [0, 0.1) is 17.2 Å². The minimum absolute atomic E-state index is 0.157. The first kappa shape index (κ1) is 22.8. The Labute approximate surface area is 211 Å². The second-order valence-electron chi connectivity index (χ2n) is 10.2. The number of nitrogens with one attached hydrogen (secondary N) is 1. The van der Waals surface area contributed by atoms with Gasteiger partial charge in [-0.15, -0.1) is 0 Å². The van der Waals surface area contributed by atoms with E-state index in [0.717, 1.165) is 79.7 Å². The molecule has 1 atom stereocenters. The minimum Gasteiger partial charge on any atom is -0.456 e. The Bertz CT molecular complexity index is 1310. The lowest BCUT2D eigenvalue weighted by Gasteiger charge is -2.36. The standard InChI is InChI=1S/C29H31N5O2/c1-19-2-9-26-27(34(19)29(35)21-5-6-21)11-10-25(28(26)36-24-7-3-20(16-30)4-8-24)22-17-32-33(18-22)23-12-14-31-15-13-23/h3-4,7-8,10-11,17-19,21,23,31H,2,5-6,9,12-15H2,1H3. The van der Waals surface area contributed by atoms with Crippen molar-refractivity contribution in [2.45, 2.75) is 57.5 Å². The number of ether oxygens (including phenoxy) is 1. The Balaban J connectivity index is 1.43. The first-order valence-electron chi connectivity index (χ1n) is 13.0. The van der Waals surface area contributed by atoms with Gasteiger partial charge in [0.2, 0.25) is 5.91 Å². The molecule has 1 aromatic heterocycles. The fraction of sp³-hybridized carbons (Fsp3) is 0.414. The summed E-state index contributed by atoms with van der Waals surface area (Å²) in [5.74, 6) is 1.85. The molecule has 1 N–H and O–H groups in total. The second kappa shape index (κ2) is 9.44. The van der Waals surface area contributed by atoms with E-state index in [2.05, 4.69) is 41.3 Å². The molecule has 3 heterocycles. The van der Waals surface area contributed by atoms with E-state index in [0.29, 0.717) is 17.4 Å². The molecule has 36 heavy (non-hydrogen) atoms. The maximum Gasteiger partial charge on any atom is 0.230 e. The van der Waals surface area contributed by atoms with Crippen LogP contribution in [-0.2, 0) is 11.2 Å². The smallest absolute Gasteiger partial charge is 0.230 e. The minimum atomic E-state index is 0.157. The Morgan fingerprint density at radius 1 is 1.08 bits per heavy atom. The summed E-state index contributed by atoms with van der Waals surface area (Å²) in [5.41, 5.74) is 4.61. The number of nitriles is 1. The van der Waals surface area contributed by atoms with Gasteiger partial charge < -0.3 is 15.0 Å². The number of amides is 1. The molecule has 1 saturated carbocycles. The zero-order chi connectivity index (χ0) is 24.6. The van der Waals surface area contributed by atoms with Crippen molar-refractivity contribution in [2.24, 2.45) is 5.92 Å². The molecule has 0 bridgehead atoms. The number of rotatable bonds is 5. The molecule has 2 aliphatic heterocycles. The molecule has 1 saturated heterocycles. The monoisotopic (exact) mass is 481 g/mol. The third-order valence-corrected chi connectivity index (χ3v) is 7.71. The average molecular weight is 482 g/mol. The highest BCUT2D eigenvalue weighted by molar-refractivity contribution is 5.99. The molecule has 2 aromatic carbocycles. The van der Waals surface area contributed by atoms with Crippen LogP contribution in [0.3, 0.4) is 0 Å². The zero-order valence-electron chi connectivity index (χ0n) is 20.6. The van der Waals surface area contributed by atoms with Crippen molar-refractivity contribution >= 4 is 11.6 Å². The Morgan fingerprint density at radius 2 is 1.86 bits per heavy atom. The van der Waals surface area contributed by atoms with Crippen LogP contribution in [0.4, 0.5) is 5.69 Å². The van der Waals surface area contributed by atoms with E-state index in [1.54, 1.807) is 12.1 Å². The summed E-state index contributed by atoms with van der Waals surface area (Å²) in [6.07, 6.45) is 9.89. The molecular formula is C29H31N5O2. The molecule has 2 fully saturated rings. The Morgan fingerprint density at radius 3 is 2.58 bits per heavy atom. The van der Waals surface area contributed by atoms with Crippen LogP contribution in [0.2, 0.25) is 0 Å². The Hall–Kier alpha value is -3.63. The predicted molar refractivity (Wildman–Crippen MR) is 138 cm³/mol. The van der Waals surface area contributed by atoms with Crippen molar-refractivity contribution in [2.75, 3.05) is 18.0 Å². The number of carbonyl (C=O) groups excluding carboxylic acids is 1. The van der Waals surface area contributed by atoms with Gasteiger partial charge in [0.15, 0.2) is 0 Å². The highest BCUT2D eigenvalue weighted by atomic mass is 16.5. The van der Waals surface area contributed by atoms with Crippen LogP contribution in [0.25, 0.3) is 11.1 Å². The van der Waals surface area contributed by atoms with Crippen LogP contribution in [-0.4, -0.2) is 34.8 Å². The van der Waals surface area contributed by atoms with E-state index in [1.807, 2.05) is 23.2 Å². The lowest BCUT2D eigenvalue weighted by molar-refractivity contribution is -0.120. The lowest BCUT2D eigenvalue weighted by atomic mass is 9.92. The maximum atomic E-state index is 13.2. The summed E-state index contributed by atoms with van der Waals surface area (Å²) in [6.45, 7) is 4.16. The summed E-state index contributed by atoms with van der Waals surface area (Å²) >= 11 is 0. The Kier molecular flexibility index (Phi) is 5.98. The van der Waals surface area contributed by atoms with Gasteiger partial charge in [0.1, 0.15) is 11.5 Å². The van der Waals surface area contributed by atoms with Crippen molar-refractivity contribution in [3.05, 3.63) is 59.9 Å². The lowest BCUT2D eigenvalue weighted by Crippen LogP contribution is -2.43. The third-order valence-electron chi connectivity index (χ3n) is 7.71. The second-order valence-corrected chi connectivity index (χ2v) is 10.2. The van der Waals surface area contributed by atoms with Gasteiger partial charge >= 0.3 is 0 Å². The first-order valence-corrected chi connectivity index (χ1v) is 13.0. The number of hydrogen-bond acceptors (Lipinski definition) is 5. The van der Waals surface area contributed by atoms with Crippen LogP contribution in [0.1, 0.15) is 56.2 Å². The normalized spacial score (nSPS) is 20.0. The molecule has 3 aliphatic rings. The first-order chi connectivity index (χ1) is 17.6. The summed E-state index contributed by atoms with van der Waals surface area (Å²) < 4.78 is 8.65. The summed E-state index contributed by atoms with van der Waals surface area (Å²) in [4.78, 5) is 15.2. The van der Waals surface area contributed by atoms with Crippen molar-refractivity contribution < 1.29 is 9.53 Å². The summed E-state index contributed by atoms with van der Waals surface area (Å²) in [7, 11) is 0. The molecular weight excluding hydrogens is 450 g/mol. The van der Waals surface area contributed by atoms with Crippen molar-refractivity contribution in [3.8, 4) is 28.7 Å². The van der Waals surface area contributed by atoms with Crippen LogP contribution < -0.4 is 15.0 Å². The van der Waals surface area contributed by atoms with E-state index in [9.17, 15) is 10.1 Å². The topological polar surface area (TPSA) is 83.2 Å². The number of nitrogens with zero attached hydrogens (tertiary/aromatic N) is 4. The molecule has 7 nitrogen and oxygen atoms in total. The zero-order valence-corrected chi connectivity index (χ0v) is 20.6. The van der Waals surface area contributed by atoms with Crippen molar-refractivity contribution in [1.82, 2.24) is 15.1 Å². The average Bonchev–Trinajstić information content (AvgIpc) is 3.66. The number of anilines is 1. The predicted octanol–water partition coefficient (Wildman–Crippen LogP) is 5.22. The van der Waals surface area contributed by atoms with Gasteiger partial charge in [-0.3, -0.25) is 9.48 Å². The fourth-order valence-electron chi connectivity index (χ4n) is 5.47. The van der Waals surface area contributed by atoms with Crippen molar-refractivity contribution in [3.63, 3.8) is 0 Å². The number of hydrogen-bond donors (Lipinski definition) is 1. The molecule has 3 aromatic rings. The van der Waals surface area contributed by atoms with Gasteiger partial charge in [-0.25, -0.2) is 0 Å². The van der Waals surface area contributed by atoms with Gasteiger partial charge in [-0.2, -0.15) is 10.4 Å². The number of aromatic nitrogens is 2. The number of piperidine rings is 1. The molecule has 0 radical (unpaired) electrons. The maximum absolute atomic E-state index is 13.2. The molecule has 184 valence electrons. The largest absolute Gasteiger partial charge is 0.456 e. The molecule has 1 amide bonds. The summed E-state index contributed by atoms with van der Waals surface area (Å²) in [5, 5.41) is 17.3. The number of fused-ring (bicyclic) bond motifs is 1. The van der Waals surface area contributed by atoms with Crippen LogP contribution in [0.15, 0.2) is 48.8 Å². The quantitative estimate of drug-likeness (QED) is 0.540. The van der Waals surface area contributed by atoms with Crippen LogP contribution >= 0.6 is 0 Å². The van der Waals surface area contributed by atoms with Crippen LogP contribution in [0.5, 0.6) is 11.5 Å². The highest BCUT2D eigenvalue weighted by Gasteiger charge is 2.39. The van der Waals surface area contributed by atoms with E-state index >= 15 is 0 Å². The molecule has 6 rings (SSSR count). The molecule has 0 spiro atoms. The third kappa shape index (κ3) is 4.27. The van der Waals surface area contributed by atoms with Gasteiger partial charge in [-0.05, 0) is 94.9 Å². The summed E-state index contributed by atoms with van der Waals surface area (Å²) in [6, 6.07) is 14.1. The molecule has 7 heteroatoms. The van der Waals surface area contributed by atoms with E-state index in [4.69, 9.17) is 9.84 Å². The van der Waals surface area contributed by atoms with Gasteiger partial charge in [0.25, 0.3) is 0 Å². The van der Waals surface area contributed by atoms with Gasteiger partial charge in [0, 0.05) is 34.8 Å². The highest BCUT2D eigenvalue weighted by Crippen LogP contribution is 2.46. The van der Waals surface area contributed by atoms with Gasteiger partial charge in [0.05, 0.1) is 29.6 Å². The number of benzene rings is 2. The van der Waals surface area contributed by atoms with E-state index in [-0.39, 0.29) is 17.9 Å². The molecule has 1 aliphatic carbocycles.